The highest BCUT2D eigenvalue weighted by Crippen LogP contribution is 2.36. The van der Waals surface area contributed by atoms with Crippen molar-refractivity contribution in [2.75, 3.05) is 6.61 Å². The Hall–Kier alpha value is -1.75. The predicted octanol–water partition coefficient (Wildman–Crippen LogP) is 4.19. The Morgan fingerprint density at radius 2 is 1.50 bits per heavy atom. The summed E-state index contributed by atoms with van der Waals surface area (Å²) in [6, 6.07) is 20.6. The van der Waals surface area contributed by atoms with Crippen LogP contribution in [-0.2, 0) is 4.43 Å². The van der Waals surface area contributed by atoms with Crippen molar-refractivity contribution in [1.82, 2.24) is 0 Å². The maximum Gasteiger partial charge on any atom is 0.261 e. The van der Waals surface area contributed by atoms with Gasteiger partial charge in [-0.3, -0.25) is 0 Å². The number of benzene rings is 2. The molecule has 0 heterocycles. The molecular formula is C22H29FO2Si. The van der Waals surface area contributed by atoms with E-state index in [0.29, 0.717) is 6.61 Å². The second-order valence-corrected chi connectivity index (χ2v) is 11.8. The Balaban J connectivity index is 2.44. The van der Waals surface area contributed by atoms with Gasteiger partial charge in [0, 0.05) is 13.0 Å². The molecule has 1 N–H and O–H groups in total. The first-order valence-corrected chi connectivity index (χ1v) is 11.0. The fraction of sp³-hybridized carbons (Fsp3) is 0.364. The van der Waals surface area contributed by atoms with E-state index < -0.39 is 20.2 Å². The molecule has 0 fully saturated rings. The molecule has 0 aliphatic rings. The van der Waals surface area contributed by atoms with Crippen LogP contribution in [0, 0.1) is 0 Å². The van der Waals surface area contributed by atoms with E-state index in [1.807, 2.05) is 36.4 Å². The van der Waals surface area contributed by atoms with Gasteiger partial charge in [0.15, 0.2) is 0 Å². The van der Waals surface area contributed by atoms with Crippen LogP contribution in [0.4, 0.5) is 4.39 Å². The summed E-state index contributed by atoms with van der Waals surface area (Å²) >= 11 is 0. The maximum atomic E-state index is 13.6. The minimum Gasteiger partial charge on any atom is -0.407 e. The smallest absolute Gasteiger partial charge is 0.261 e. The van der Waals surface area contributed by atoms with Crippen LogP contribution in [0.1, 0.15) is 34.1 Å². The van der Waals surface area contributed by atoms with Gasteiger partial charge < -0.3 is 9.53 Å². The molecule has 0 spiro atoms. The molecule has 0 aliphatic carbocycles. The number of allylic oxidation sites excluding steroid dienone is 1. The Morgan fingerprint density at radius 1 is 1.04 bits per heavy atom. The highest BCUT2D eigenvalue weighted by atomic mass is 28.4. The highest BCUT2D eigenvalue weighted by molar-refractivity contribution is 6.99. The summed E-state index contributed by atoms with van der Waals surface area (Å²) in [5.74, 6) is -0.504. The number of aliphatic hydroxyl groups excluding tert-OH is 1. The van der Waals surface area contributed by atoms with E-state index in [9.17, 15) is 9.50 Å². The molecule has 2 aromatic rings. The van der Waals surface area contributed by atoms with Gasteiger partial charge in [0.25, 0.3) is 8.32 Å². The second kappa shape index (κ2) is 8.76. The van der Waals surface area contributed by atoms with Crippen molar-refractivity contribution in [1.29, 1.82) is 0 Å². The minimum atomic E-state index is -2.61. The molecule has 0 saturated carbocycles. The van der Waals surface area contributed by atoms with E-state index in [2.05, 4.69) is 45.0 Å². The van der Waals surface area contributed by atoms with Gasteiger partial charge in [-0.1, -0.05) is 87.5 Å². The zero-order valence-electron chi connectivity index (χ0n) is 16.1. The third kappa shape index (κ3) is 4.31. The lowest BCUT2D eigenvalue weighted by Crippen LogP contribution is -2.66. The number of hydrogen-bond acceptors (Lipinski definition) is 2. The topological polar surface area (TPSA) is 29.5 Å². The normalized spacial score (nSPS) is 14.3. The van der Waals surface area contributed by atoms with Gasteiger partial charge in [-0.15, -0.1) is 0 Å². The molecule has 0 aliphatic heterocycles. The maximum absolute atomic E-state index is 13.6. The molecule has 140 valence electrons. The van der Waals surface area contributed by atoms with Crippen LogP contribution in [0.15, 0.2) is 72.6 Å². The van der Waals surface area contributed by atoms with Crippen LogP contribution in [0.5, 0.6) is 0 Å². The van der Waals surface area contributed by atoms with Crippen LogP contribution in [-0.4, -0.2) is 26.1 Å². The van der Waals surface area contributed by atoms with Crippen molar-refractivity contribution in [3.05, 3.63) is 72.6 Å². The SMILES string of the molecule is C/C=C(\F)C(O)CCO[Si](c1ccccc1)(c1ccccc1)C(C)(C)C. The molecule has 1 unspecified atom stereocenters. The standard InChI is InChI=1S/C22H29FO2Si/c1-5-20(23)21(24)16-17-25-26(22(2,3)4,18-12-8-6-9-13-18)19-14-10-7-11-15-19/h5-15,21,24H,16-17H2,1-4H3/b20-5-. The summed E-state index contributed by atoms with van der Waals surface area (Å²) in [7, 11) is -2.61. The molecule has 26 heavy (non-hydrogen) atoms. The van der Waals surface area contributed by atoms with Crippen LogP contribution in [0.25, 0.3) is 0 Å². The molecule has 2 aromatic carbocycles. The van der Waals surface area contributed by atoms with E-state index in [-0.39, 0.29) is 11.5 Å². The Labute approximate surface area is 157 Å². The van der Waals surface area contributed by atoms with Crippen molar-refractivity contribution in [3.8, 4) is 0 Å². The lowest BCUT2D eigenvalue weighted by atomic mass is 10.2. The van der Waals surface area contributed by atoms with Gasteiger partial charge >= 0.3 is 0 Å². The van der Waals surface area contributed by atoms with Crippen LogP contribution in [0.3, 0.4) is 0 Å². The molecular weight excluding hydrogens is 343 g/mol. The Bertz CT molecular complexity index is 668. The molecule has 0 aromatic heterocycles. The molecule has 2 rings (SSSR count). The van der Waals surface area contributed by atoms with Gasteiger partial charge in [-0.05, 0) is 22.3 Å². The minimum absolute atomic E-state index is 0.125. The molecule has 0 radical (unpaired) electrons. The summed E-state index contributed by atoms with van der Waals surface area (Å²) in [6.45, 7) is 8.48. The highest BCUT2D eigenvalue weighted by Gasteiger charge is 2.50. The fourth-order valence-corrected chi connectivity index (χ4v) is 8.00. The Kier molecular flexibility index (Phi) is 6.92. The first-order chi connectivity index (χ1) is 12.3. The lowest BCUT2D eigenvalue weighted by Gasteiger charge is -2.43. The largest absolute Gasteiger partial charge is 0.407 e. The average molecular weight is 373 g/mol. The first kappa shape index (κ1) is 20.6. The zero-order valence-corrected chi connectivity index (χ0v) is 17.1. The summed E-state index contributed by atoms with van der Waals surface area (Å²) < 4.78 is 20.2. The van der Waals surface area contributed by atoms with Crippen molar-refractivity contribution < 1.29 is 13.9 Å². The van der Waals surface area contributed by atoms with Crippen LogP contribution in [0.2, 0.25) is 5.04 Å². The van der Waals surface area contributed by atoms with E-state index in [1.54, 1.807) is 6.92 Å². The van der Waals surface area contributed by atoms with Gasteiger partial charge in [0.05, 0.1) is 0 Å². The quantitative estimate of drug-likeness (QED) is 0.739. The second-order valence-electron chi connectivity index (χ2n) is 7.49. The average Bonchev–Trinajstić information content (AvgIpc) is 2.64. The number of aliphatic hydroxyl groups is 1. The molecule has 0 bridgehead atoms. The van der Waals surface area contributed by atoms with Gasteiger partial charge in [-0.25, -0.2) is 4.39 Å². The van der Waals surface area contributed by atoms with Crippen LogP contribution < -0.4 is 10.4 Å². The molecule has 4 heteroatoms. The summed E-state index contributed by atoms with van der Waals surface area (Å²) in [5, 5.41) is 12.2. The van der Waals surface area contributed by atoms with Crippen LogP contribution >= 0.6 is 0 Å². The van der Waals surface area contributed by atoms with E-state index >= 15 is 0 Å². The zero-order chi connectivity index (χ0) is 19.2. The van der Waals surface area contributed by atoms with Gasteiger partial charge in [0.1, 0.15) is 11.9 Å². The molecule has 1 atom stereocenters. The van der Waals surface area contributed by atoms with Crippen molar-refractivity contribution >= 4 is 18.7 Å². The van der Waals surface area contributed by atoms with E-state index in [4.69, 9.17) is 4.43 Å². The summed E-state index contributed by atoms with van der Waals surface area (Å²) in [6.07, 6.45) is 0.423. The third-order valence-electron chi connectivity index (χ3n) is 4.72. The first-order valence-electron chi connectivity index (χ1n) is 9.07. The van der Waals surface area contributed by atoms with Crippen molar-refractivity contribution in [2.24, 2.45) is 0 Å². The number of rotatable bonds is 7. The monoisotopic (exact) mass is 372 g/mol. The van der Waals surface area contributed by atoms with Gasteiger partial charge in [0.2, 0.25) is 0 Å². The predicted molar refractivity (Wildman–Crippen MR) is 109 cm³/mol. The van der Waals surface area contributed by atoms with E-state index in [0.717, 1.165) is 0 Å². The van der Waals surface area contributed by atoms with Crippen molar-refractivity contribution in [2.45, 2.75) is 45.3 Å². The molecule has 0 amide bonds. The molecule has 0 saturated heterocycles. The fourth-order valence-electron chi connectivity index (χ4n) is 3.42. The molecule has 2 nitrogen and oxygen atoms in total. The third-order valence-corrected chi connectivity index (χ3v) is 9.76. The van der Waals surface area contributed by atoms with E-state index in [1.165, 1.54) is 16.4 Å². The lowest BCUT2D eigenvalue weighted by molar-refractivity contribution is 0.144. The summed E-state index contributed by atoms with van der Waals surface area (Å²) in [5.41, 5.74) is 0. The number of hydrogen-bond donors (Lipinski definition) is 1. The summed E-state index contributed by atoms with van der Waals surface area (Å²) in [4.78, 5) is 0. The van der Waals surface area contributed by atoms with Crippen molar-refractivity contribution in [3.63, 3.8) is 0 Å². The van der Waals surface area contributed by atoms with Gasteiger partial charge in [-0.2, -0.15) is 0 Å². The number of halogens is 1. The Morgan fingerprint density at radius 3 is 1.88 bits per heavy atom.